The molecule has 0 aliphatic rings. The van der Waals surface area contributed by atoms with Gasteiger partial charge in [-0.25, -0.2) is 4.98 Å². The number of hydrogen-bond acceptors (Lipinski definition) is 4. The number of hydrogen-bond donors (Lipinski definition) is 2. The number of rotatable bonds is 5. The van der Waals surface area contributed by atoms with Crippen molar-refractivity contribution in [3.05, 3.63) is 39.9 Å². The van der Waals surface area contributed by atoms with Crippen LogP contribution < -0.4 is 11.1 Å². The van der Waals surface area contributed by atoms with E-state index < -0.39 is 0 Å². The number of aromatic nitrogens is 1. The Labute approximate surface area is 133 Å². The average Bonchev–Trinajstić information content (AvgIpc) is 2.82. The Morgan fingerprint density at radius 1 is 1.43 bits per heavy atom. The highest BCUT2D eigenvalue weighted by Crippen LogP contribution is 2.32. The highest BCUT2D eigenvalue weighted by Gasteiger charge is 2.16. The number of nitrogens with one attached hydrogen (secondary N) is 1. The standard InChI is InChI=1S/C15H18ClN3OS/c1-9(18-13(20)7-8-17)14-10(2)19-15(21-14)11-3-5-12(16)6-4-11/h3-6,9H,7-8,17H2,1-2H3,(H,18,20). The number of nitrogens with zero attached hydrogens (tertiary/aromatic N) is 1. The van der Waals surface area contributed by atoms with Gasteiger partial charge in [-0.15, -0.1) is 11.3 Å². The Morgan fingerprint density at radius 3 is 2.71 bits per heavy atom. The second-order valence-electron chi connectivity index (χ2n) is 4.80. The van der Waals surface area contributed by atoms with E-state index in [0.29, 0.717) is 18.0 Å². The summed E-state index contributed by atoms with van der Waals surface area (Å²) in [5, 5.41) is 4.58. The number of aryl methyl sites for hydroxylation is 1. The molecule has 1 aromatic heterocycles. The molecule has 0 saturated carbocycles. The molecule has 0 saturated heterocycles. The van der Waals surface area contributed by atoms with E-state index in [1.807, 2.05) is 38.1 Å². The van der Waals surface area contributed by atoms with Gasteiger partial charge >= 0.3 is 0 Å². The first kappa shape index (κ1) is 15.9. The average molecular weight is 324 g/mol. The Morgan fingerprint density at radius 2 is 2.10 bits per heavy atom. The molecule has 2 aromatic rings. The predicted molar refractivity (Wildman–Crippen MR) is 87.5 cm³/mol. The fraction of sp³-hybridized carbons (Fsp3) is 0.333. The zero-order valence-corrected chi connectivity index (χ0v) is 13.6. The van der Waals surface area contributed by atoms with Crippen molar-refractivity contribution < 1.29 is 4.79 Å². The van der Waals surface area contributed by atoms with Crippen LogP contribution in [0.1, 0.15) is 30.0 Å². The van der Waals surface area contributed by atoms with Crippen LogP contribution in [0.25, 0.3) is 10.6 Å². The van der Waals surface area contributed by atoms with Gasteiger partial charge in [0.2, 0.25) is 5.91 Å². The fourth-order valence-corrected chi connectivity index (χ4v) is 3.24. The number of amides is 1. The summed E-state index contributed by atoms with van der Waals surface area (Å²) < 4.78 is 0. The Balaban J connectivity index is 2.18. The number of thiazole rings is 1. The molecule has 2 rings (SSSR count). The van der Waals surface area contributed by atoms with Gasteiger partial charge in [0.15, 0.2) is 0 Å². The SMILES string of the molecule is Cc1nc(-c2ccc(Cl)cc2)sc1C(C)NC(=O)CCN. The quantitative estimate of drug-likeness (QED) is 0.887. The number of nitrogens with two attached hydrogens (primary N) is 1. The fourth-order valence-electron chi connectivity index (χ4n) is 2.04. The van der Waals surface area contributed by atoms with Gasteiger partial charge in [0.25, 0.3) is 0 Å². The van der Waals surface area contributed by atoms with Gasteiger partial charge in [0.1, 0.15) is 5.01 Å². The van der Waals surface area contributed by atoms with Gasteiger partial charge < -0.3 is 11.1 Å². The molecule has 112 valence electrons. The molecule has 0 aliphatic heterocycles. The molecule has 1 unspecified atom stereocenters. The minimum Gasteiger partial charge on any atom is -0.349 e. The van der Waals surface area contributed by atoms with Crippen molar-refractivity contribution in [3.63, 3.8) is 0 Å². The second kappa shape index (κ2) is 7.02. The van der Waals surface area contributed by atoms with Crippen molar-refractivity contribution in [2.24, 2.45) is 5.73 Å². The highest BCUT2D eigenvalue weighted by atomic mass is 35.5. The molecule has 6 heteroatoms. The first-order valence-electron chi connectivity index (χ1n) is 6.74. The van der Waals surface area contributed by atoms with Gasteiger partial charge in [-0.05, 0) is 26.0 Å². The summed E-state index contributed by atoms with van der Waals surface area (Å²) in [7, 11) is 0. The van der Waals surface area contributed by atoms with Crippen LogP contribution in [-0.4, -0.2) is 17.4 Å². The van der Waals surface area contributed by atoms with Crippen LogP contribution >= 0.6 is 22.9 Å². The van der Waals surface area contributed by atoms with Crippen molar-refractivity contribution in [2.45, 2.75) is 26.3 Å². The summed E-state index contributed by atoms with van der Waals surface area (Å²) in [6.45, 7) is 4.27. The Kier molecular flexibility index (Phi) is 5.33. The van der Waals surface area contributed by atoms with Crippen LogP contribution in [0.5, 0.6) is 0 Å². The summed E-state index contributed by atoms with van der Waals surface area (Å²) in [5.74, 6) is -0.0363. The van der Waals surface area contributed by atoms with Crippen LogP contribution in [0, 0.1) is 6.92 Å². The lowest BCUT2D eigenvalue weighted by Gasteiger charge is -2.12. The molecule has 0 bridgehead atoms. The van der Waals surface area contributed by atoms with Gasteiger partial charge in [0, 0.05) is 23.6 Å². The molecule has 3 N–H and O–H groups in total. The zero-order valence-electron chi connectivity index (χ0n) is 12.0. The molecule has 1 aromatic carbocycles. The molecule has 1 atom stereocenters. The van der Waals surface area contributed by atoms with E-state index in [2.05, 4.69) is 10.3 Å². The molecule has 0 radical (unpaired) electrons. The van der Waals surface area contributed by atoms with E-state index in [-0.39, 0.29) is 11.9 Å². The lowest BCUT2D eigenvalue weighted by Crippen LogP contribution is -2.28. The summed E-state index contributed by atoms with van der Waals surface area (Å²) in [6.07, 6.45) is 0.340. The number of carbonyl (C=O) groups excluding carboxylic acids is 1. The third kappa shape index (κ3) is 4.03. The summed E-state index contributed by atoms with van der Waals surface area (Å²) in [5.41, 5.74) is 7.35. The Bertz CT molecular complexity index is 624. The lowest BCUT2D eigenvalue weighted by molar-refractivity contribution is -0.121. The monoisotopic (exact) mass is 323 g/mol. The molecule has 0 spiro atoms. The summed E-state index contributed by atoms with van der Waals surface area (Å²) in [4.78, 5) is 17.3. The molecule has 0 aliphatic carbocycles. The topological polar surface area (TPSA) is 68.0 Å². The molecule has 21 heavy (non-hydrogen) atoms. The van der Waals surface area contributed by atoms with Gasteiger partial charge in [-0.3, -0.25) is 4.79 Å². The summed E-state index contributed by atoms with van der Waals surface area (Å²) >= 11 is 7.48. The first-order valence-corrected chi connectivity index (χ1v) is 7.93. The Hall–Kier alpha value is -1.43. The van der Waals surface area contributed by atoms with Gasteiger partial charge in [-0.1, -0.05) is 23.7 Å². The normalized spacial score (nSPS) is 12.2. The van der Waals surface area contributed by atoms with E-state index in [4.69, 9.17) is 17.3 Å². The minimum atomic E-state index is -0.0670. The second-order valence-corrected chi connectivity index (χ2v) is 6.27. The zero-order chi connectivity index (χ0) is 15.4. The molecule has 1 heterocycles. The molecular formula is C15H18ClN3OS. The molecular weight excluding hydrogens is 306 g/mol. The smallest absolute Gasteiger partial charge is 0.221 e. The van der Waals surface area contributed by atoms with Crippen LogP contribution in [0.4, 0.5) is 0 Å². The van der Waals surface area contributed by atoms with Crippen molar-refractivity contribution in [2.75, 3.05) is 6.54 Å². The minimum absolute atomic E-state index is 0.0363. The number of carbonyl (C=O) groups is 1. The van der Waals surface area contributed by atoms with E-state index in [9.17, 15) is 4.79 Å². The molecule has 4 nitrogen and oxygen atoms in total. The van der Waals surface area contributed by atoms with Crippen molar-refractivity contribution in [3.8, 4) is 10.6 Å². The maximum atomic E-state index is 11.6. The van der Waals surface area contributed by atoms with Crippen LogP contribution in [0.3, 0.4) is 0 Å². The molecule has 0 fully saturated rings. The third-order valence-electron chi connectivity index (χ3n) is 3.07. The first-order chi connectivity index (χ1) is 10.0. The van der Waals surface area contributed by atoms with Crippen LogP contribution in [0.15, 0.2) is 24.3 Å². The predicted octanol–water partition coefficient (Wildman–Crippen LogP) is 3.30. The maximum absolute atomic E-state index is 11.6. The number of benzene rings is 1. The molecule has 1 amide bonds. The van der Waals surface area contributed by atoms with E-state index >= 15 is 0 Å². The largest absolute Gasteiger partial charge is 0.349 e. The van der Waals surface area contributed by atoms with E-state index in [1.54, 1.807) is 11.3 Å². The van der Waals surface area contributed by atoms with Crippen molar-refractivity contribution in [1.82, 2.24) is 10.3 Å². The van der Waals surface area contributed by atoms with E-state index in [1.165, 1.54) is 0 Å². The van der Waals surface area contributed by atoms with Crippen LogP contribution in [-0.2, 0) is 4.79 Å². The highest BCUT2D eigenvalue weighted by molar-refractivity contribution is 7.15. The number of halogens is 1. The lowest BCUT2D eigenvalue weighted by atomic mass is 10.2. The summed E-state index contributed by atoms with van der Waals surface area (Å²) in [6, 6.07) is 7.52. The third-order valence-corrected chi connectivity index (χ3v) is 4.71. The van der Waals surface area contributed by atoms with Crippen LogP contribution in [0.2, 0.25) is 5.02 Å². The van der Waals surface area contributed by atoms with Gasteiger partial charge in [0.05, 0.1) is 16.6 Å². The van der Waals surface area contributed by atoms with Gasteiger partial charge in [-0.2, -0.15) is 0 Å². The van der Waals surface area contributed by atoms with E-state index in [0.717, 1.165) is 21.1 Å². The van der Waals surface area contributed by atoms with Crippen molar-refractivity contribution in [1.29, 1.82) is 0 Å². The van der Waals surface area contributed by atoms with Crippen molar-refractivity contribution >= 4 is 28.8 Å². The maximum Gasteiger partial charge on any atom is 0.221 e.